The van der Waals surface area contributed by atoms with Crippen molar-refractivity contribution in [1.82, 2.24) is 0 Å². The van der Waals surface area contributed by atoms with Gasteiger partial charge in [-0.1, -0.05) is 51.5 Å². The number of hydrogen-bond donors (Lipinski definition) is 1. The average Bonchev–Trinajstić information content (AvgIpc) is 3.15. The number of benzene rings is 1. The Kier molecular flexibility index (Phi) is 3.15. The topological polar surface area (TPSA) is 37.3 Å². The number of hydrogen-bond acceptors (Lipinski definition) is 1. The van der Waals surface area contributed by atoms with Crippen molar-refractivity contribution in [2.24, 2.45) is 5.92 Å². The number of allylic oxidation sites excluding steroid dienone is 1. The Morgan fingerprint density at radius 1 is 1.12 bits per heavy atom. The highest BCUT2D eigenvalue weighted by molar-refractivity contribution is 5.82. The van der Waals surface area contributed by atoms with E-state index in [4.69, 9.17) is 0 Å². The molecule has 2 nitrogen and oxygen atoms in total. The molecule has 2 atom stereocenters. The summed E-state index contributed by atoms with van der Waals surface area (Å²) in [6.45, 7) is 9.42. The van der Waals surface area contributed by atoms with Gasteiger partial charge in [-0.25, -0.2) is 4.79 Å². The summed E-state index contributed by atoms with van der Waals surface area (Å²) in [5, 5.41) is 9.24. The molecule has 1 aromatic carbocycles. The smallest absolute Gasteiger partial charge is 0.328 e. The number of carboxylic acids is 1. The van der Waals surface area contributed by atoms with Crippen LogP contribution in [0, 0.1) is 5.92 Å². The molecule has 2 unspecified atom stereocenters. The van der Waals surface area contributed by atoms with Crippen molar-refractivity contribution < 1.29 is 9.90 Å². The summed E-state index contributed by atoms with van der Waals surface area (Å²) in [4.78, 5) is 11.2. The van der Waals surface area contributed by atoms with E-state index in [1.54, 1.807) is 0 Å². The summed E-state index contributed by atoms with van der Waals surface area (Å²) >= 11 is 0. The number of aliphatic carboxylic acids is 1. The predicted molar refractivity (Wildman–Crippen MR) is 96.5 cm³/mol. The molecule has 0 amide bonds. The largest absolute Gasteiger partial charge is 0.478 e. The molecule has 4 rings (SSSR count). The van der Waals surface area contributed by atoms with Crippen LogP contribution in [0.1, 0.15) is 76.5 Å². The molecular weight excluding hydrogens is 296 g/mol. The van der Waals surface area contributed by atoms with Gasteiger partial charge in [0.1, 0.15) is 0 Å². The fraction of sp³-hybridized carbons (Fsp3) is 0.591. The maximum atomic E-state index is 11.2. The fourth-order valence-electron chi connectivity index (χ4n) is 5.38. The second kappa shape index (κ2) is 4.74. The van der Waals surface area contributed by atoms with Crippen LogP contribution in [0.2, 0.25) is 0 Å². The number of carboxylic acid groups (broad SMARTS) is 1. The maximum Gasteiger partial charge on any atom is 0.328 e. The zero-order valence-corrected chi connectivity index (χ0v) is 15.3. The highest BCUT2D eigenvalue weighted by Gasteiger charge is 2.61. The first-order valence-electron chi connectivity index (χ1n) is 9.26. The fourth-order valence-corrected chi connectivity index (χ4v) is 5.38. The van der Waals surface area contributed by atoms with Crippen molar-refractivity contribution in [3.8, 4) is 0 Å². The minimum absolute atomic E-state index is 0.0328. The lowest BCUT2D eigenvalue weighted by Crippen LogP contribution is -2.34. The number of rotatable bonds is 2. The van der Waals surface area contributed by atoms with E-state index in [1.807, 2.05) is 0 Å². The van der Waals surface area contributed by atoms with Gasteiger partial charge >= 0.3 is 5.97 Å². The van der Waals surface area contributed by atoms with Crippen molar-refractivity contribution in [1.29, 1.82) is 0 Å². The summed E-state index contributed by atoms with van der Waals surface area (Å²) in [5.74, 6) is -0.141. The molecule has 1 aromatic rings. The molecule has 3 aliphatic rings. The molecule has 0 heterocycles. The summed E-state index contributed by atoms with van der Waals surface area (Å²) in [5.41, 5.74) is 5.95. The normalized spacial score (nSPS) is 33.8. The molecule has 1 N–H and O–H groups in total. The van der Waals surface area contributed by atoms with Crippen LogP contribution < -0.4 is 0 Å². The Morgan fingerprint density at radius 2 is 1.79 bits per heavy atom. The Hall–Kier alpha value is -1.57. The van der Waals surface area contributed by atoms with Gasteiger partial charge in [-0.05, 0) is 65.5 Å². The summed E-state index contributed by atoms with van der Waals surface area (Å²) in [7, 11) is 0. The SMILES string of the molecule is CC1(C)CCC(C)(C)c2cc(C34CC3CCC4=CC(=O)O)ccc21. The van der Waals surface area contributed by atoms with Crippen LogP contribution in [0.15, 0.2) is 29.8 Å². The van der Waals surface area contributed by atoms with Crippen LogP contribution >= 0.6 is 0 Å². The van der Waals surface area contributed by atoms with Gasteiger partial charge in [-0.15, -0.1) is 0 Å². The van der Waals surface area contributed by atoms with Crippen molar-refractivity contribution in [3.63, 3.8) is 0 Å². The van der Waals surface area contributed by atoms with Gasteiger partial charge < -0.3 is 5.11 Å². The molecule has 0 spiro atoms. The van der Waals surface area contributed by atoms with Crippen molar-refractivity contribution >= 4 is 5.97 Å². The Balaban J connectivity index is 1.84. The molecule has 0 aliphatic heterocycles. The summed E-state index contributed by atoms with van der Waals surface area (Å²) in [6, 6.07) is 7.06. The average molecular weight is 324 g/mol. The highest BCUT2D eigenvalue weighted by Crippen LogP contribution is 2.67. The van der Waals surface area contributed by atoms with Crippen molar-refractivity contribution in [2.45, 2.75) is 76.0 Å². The number of carbonyl (C=O) groups is 1. The lowest BCUT2D eigenvalue weighted by Gasteiger charge is -2.42. The Morgan fingerprint density at radius 3 is 2.42 bits per heavy atom. The predicted octanol–water partition coefficient (Wildman–Crippen LogP) is 5.10. The summed E-state index contributed by atoms with van der Waals surface area (Å²) < 4.78 is 0. The van der Waals surface area contributed by atoms with Gasteiger partial charge in [-0.3, -0.25) is 0 Å². The lowest BCUT2D eigenvalue weighted by atomic mass is 9.62. The first-order chi connectivity index (χ1) is 11.2. The minimum atomic E-state index is -0.795. The Labute approximate surface area is 145 Å². The molecule has 0 radical (unpaired) electrons. The second-order valence-corrected chi connectivity index (χ2v) is 9.45. The van der Waals surface area contributed by atoms with E-state index in [0.717, 1.165) is 24.8 Å². The molecule has 3 aliphatic carbocycles. The Bertz CT molecular complexity index is 753. The quantitative estimate of drug-likeness (QED) is 0.769. The van der Waals surface area contributed by atoms with Gasteiger partial charge in [0.05, 0.1) is 0 Å². The van der Waals surface area contributed by atoms with E-state index in [9.17, 15) is 9.90 Å². The highest BCUT2D eigenvalue weighted by atomic mass is 16.4. The summed E-state index contributed by atoms with van der Waals surface area (Å²) in [6.07, 6.45) is 7.15. The van der Waals surface area contributed by atoms with E-state index in [2.05, 4.69) is 45.9 Å². The zero-order valence-electron chi connectivity index (χ0n) is 15.3. The van der Waals surface area contributed by atoms with Crippen LogP contribution in [-0.4, -0.2) is 11.1 Å². The molecule has 2 saturated carbocycles. The van der Waals surface area contributed by atoms with Crippen LogP contribution in [0.4, 0.5) is 0 Å². The number of fused-ring (bicyclic) bond motifs is 2. The van der Waals surface area contributed by atoms with E-state index in [0.29, 0.717) is 5.92 Å². The third-order valence-corrected chi connectivity index (χ3v) is 7.11. The van der Waals surface area contributed by atoms with E-state index in [-0.39, 0.29) is 16.2 Å². The first kappa shape index (κ1) is 15.9. The standard InChI is InChI=1S/C22H28O2/c1-20(2)9-10-21(3,4)18-11-14(7-8-17(18)20)22-13-16(22)6-5-15(22)12-19(23)24/h7-8,11-12,16H,5-6,9-10,13H2,1-4H3,(H,23,24). The molecule has 2 heteroatoms. The molecular formula is C22H28O2. The molecule has 0 aromatic heterocycles. The van der Waals surface area contributed by atoms with Crippen molar-refractivity contribution in [2.75, 3.05) is 0 Å². The van der Waals surface area contributed by atoms with Crippen molar-refractivity contribution in [3.05, 3.63) is 46.5 Å². The molecule has 24 heavy (non-hydrogen) atoms. The van der Waals surface area contributed by atoms with Crippen LogP contribution in [0.5, 0.6) is 0 Å². The van der Waals surface area contributed by atoms with E-state index in [1.165, 1.54) is 35.6 Å². The molecule has 128 valence electrons. The van der Waals surface area contributed by atoms with Gasteiger partial charge in [0.2, 0.25) is 0 Å². The van der Waals surface area contributed by atoms with Gasteiger partial charge in [0.15, 0.2) is 0 Å². The monoisotopic (exact) mass is 324 g/mol. The lowest BCUT2D eigenvalue weighted by molar-refractivity contribution is -0.131. The van der Waals surface area contributed by atoms with Gasteiger partial charge in [-0.2, -0.15) is 0 Å². The van der Waals surface area contributed by atoms with Gasteiger partial charge in [0.25, 0.3) is 0 Å². The van der Waals surface area contributed by atoms with E-state index >= 15 is 0 Å². The van der Waals surface area contributed by atoms with Crippen LogP contribution in [0.3, 0.4) is 0 Å². The molecule has 0 bridgehead atoms. The third kappa shape index (κ3) is 2.11. The molecule has 2 fully saturated rings. The first-order valence-corrected chi connectivity index (χ1v) is 9.26. The van der Waals surface area contributed by atoms with Gasteiger partial charge in [0, 0.05) is 11.5 Å². The maximum absolute atomic E-state index is 11.2. The molecule has 0 saturated heterocycles. The minimum Gasteiger partial charge on any atom is -0.478 e. The third-order valence-electron chi connectivity index (χ3n) is 7.11. The van der Waals surface area contributed by atoms with Crippen LogP contribution in [0.25, 0.3) is 0 Å². The van der Waals surface area contributed by atoms with Crippen LogP contribution in [-0.2, 0) is 21.0 Å². The van der Waals surface area contributed by atoms with E-state index < -0.39 is 5.97 Å². The zero-order chi connectivity index (χ0) is 17.3. The second-order valence-electron chi connectivity index (χ2n) is 9.45.